The quantitative estimate of drug-likeness (QED) is 0.614. The fraction of sp³-hybridized carbons (Fsp3) is 0.143. The van der Waals surface area contributed by atoms with E-state index in [9.17, 15) is 15.2 Å². The maximum absolute atomic E-state index is 10.7. The number of nitro benzene ring substituents is 1. The molecule has 0 amide bonds. The van der Waals surface area contributed by atoms with Gasteiger partial charge in [0.1, 0.15) is 16.5 Å². The molecule has 1 atom stereocenters. The van der Waals surface area contributed by atoms with E-state index in [-0.39, 0.29) is 10.7 Å². The molecule has 0 heterocycles. The molecule has 1 N–H and O–H groups in total. The van der Waals surface area contributed by atoms with Crippen LogP contribution >= 0.6 is 27.5 Å². The molecule has 0 spiro atoms. The summed E-state index contributed by atoms with van der Waals surface area (Å²) in [6.07, 6.45) is -0.707. The lowest BCUT2D eigenvalue weighted by Gasteiger charge is -2.13. The SMILES string of the molecule is CC(O)c1ccc(Br)cc1Oc1ccc([N+](=O)[O-])c(Cl)c1. The van der Waals surface area contributed by atoms with Gasteiger partial charge in [-0.1, -0.05) is 33.6 Å². The van der Waals surface area contributed by atoms with Crippen molar-refractivity contribution in [2.45, 2.75) is 13.0 Å². The summed E-state index contributed by atoms with van der Waals surface area (Å²) in [5, 5.41) is 20.4. The number of aliphatic hydroxyl groups is 1. The fourth-order valence-corrected chi connectivity index (χ4v) is 2.35. The summed E-state index contributed by atoms with van der Waals surface area (Å²) in [4.78, 5) is 10.2. The first kappa shape index (κ1) is 15.8. The highest BCUT2D eigenvalue weighted by molar-refractivity contribution is 9.10. The predicted molar refractivity (Wildman–Crippen MR) is 83.0 cm³/mol. The molecule has 7 heteroatoms. The fourth-order valence-electron chi connectivity index (χ4n) is 1.77. The van der Waals surface area contributed by atoms with Crippen molar-refractivity contribution in [2.75, 3.05) is 0 Å². The second kappa shape index (κ2) is 6.43. The van der Waals surface area contributed by atoms with Crippen LogP contribution in [0.2, 0.25) is 5.02 Å². The van der Waals surface area contributed by atoms with E-state index in [0.29, 0.717) is 17.1 Å². The Labute approximate surface area is 134 Å². The zero-order chi connectivity index (χ0) is 15.6. The van der Waals surface area contributed by atoms with Gasteiger partial charge in [-0.2, -0.15) is 0 Å². The molecule has 0 aliphatic rings. The lowest BCUT2D eigenvalue weighted by molar-refractivity contribution is -0.384. The van der Waals surface area contributed by atoms with Gasteiger partial charge in [-0.15, -0.1) is 0 Å². The highest BCUT2D eigenvalue weighted by Gasteiger charge is 2.15. The Morgan fingerprint density at radius 2 is 2.05 bits per heavy atom. The van der Waals surface area contributed by atoms with Crippen LogP contribution in [0.4, 0.5) is 5.69 Å². The molecule has 0 aliphatic heterocycles. The molecular formula is C14H11BrClNO4. The summed E-state index contributed by atoms with van der Waals surface area (Å²) in [5.41, 5.74) is 0.418. The topological polar surface area (TPSA) is 72.6 Å². The van der Waals surface area contributed by atoms with Crippen LogP contribution in [0.3, 0.4) is 0 Å². The van der Waals surface area contributed by atoms with Crippen molar-refractivity contribution in [1.29, 1.82) is 0 Å². The normalized spacial score (nSPS) is 12.0. The minimum Gasteiger partial charge on any atom is -0.457 e. The first-order valence-electron chi connectivity index (χ1n) is 5.98. The van der Waals surface area contributed by atoms with Gasteiger partial charge in [-0.3, -0.25) is 10.1 Å². The van der Waals surface area contributed by atoms with Crippen LogP contribution in [-0.4, -0.2) is 10.0 Å². The monoisotopic (exact) mass is 371 g/mol. The van der Waals surface area contributed by atoms with Gasteiger partial charge < -0.3 is 9.84 Å². The first-order chi connectivity index (χ1) is 9.88. The summed E-state index contributed by atoms with van der Waals surface area (Å²) >= 11 is 9.17. The molecule has 0 saturated carbocycles. The number of nitrogens with zero attached hydrogens (tertiary/aromatic N) is 1. The largest absolute Gasteiger partial charge is 0.457 e. The molecule has 0 radical (unpaired) electrons. The first-order valence-corrected chi connectivity index (χ1v) is 7.15. The summed E-state index contributed by atoms with van der Waals surface area (Å²) in [6, 6.07) is 9.33. The zero-order valence-electron chi connectivity index (χ0n) is 10.9. The second-order valence-corrected chi connectivity index (χ2v) is 5.65. The molecule has 0 aromatic heterocycles. The molecule has 0 fully saturated rings. The van der Waals surface area contributed by atoms with Gasteiger partial charge in [0.2, 0.25) is 0 Å². The third-order valence-electron chi connectivity index (χ3n) is 2.77. The van der Waals surface area contributed by atoms with E-state index in [2.05, 4.69) is 15.9 Å². The van der Waals surface area contributed by atoms with E-state index >= 15 is 0 Å². The van der Waals surface area contributed by atoms with Crippen molar-refractivity contribution in [3.05, 3.63) is 61.6 Å². The molecule has 21 heavy (non-hydrogen) atoms. The van der Waals surface area contributed by atoms with Gasteiger partial charge in [-0.05, 0) is 25.1 Å². The molecule has 110 valence electrons. The average Bonchev–Trinajstić information content (AvgIpc) is 2.37. The third-order valence-corrected chi connectivity index (χ3v) is 3.57. The number of aliphatic hydroxyl groups excluding tert-OH is 1. The van der Waals surface area contributed by atoms with E-state index < -0.39 is 11.0 Å². The molecule has 5 nitrogen and oxygen atoms in total. The van der Waals surface area contributed by atoms with Crippen LogP contribution in [-0.2, 0) is 0 Å². The minimum atomic E-state index is -0.707. The molecule has 1 unspecified atom stereocenters. The second-order valence-electron chi connectivity index (χ2n) is 4.33. The average molecular weight is 373 g/mol. The van der Waals surface area contributed by atoms with E-state index in [0.717, 1.165) is 4.47 Å². The number of benzene rings is 2. The van der Waals surface area contributed by atoms with Gasteiger partial charge in [0.25, 0.3) is 5.69 Å². The highest BCUT2D eigenvalue weighted by Crippen LogP contribution is 2.35. The molecule has 2 rings (SSSR count). The van der Waals surface area contributed by atoms with Crippen molar-refractivity contribution < 1.29 is 14.8 Å². The van der Waals surface area contributed by atoms with Crippen LogP contribution < -0.4 is 4.74 Å². The van der Waals surface area contributed by atoms with Crippen LogP contribution in [0.15, 0.2) is 40.9 Å². The summed E-state index contributed by atoms with van der Waals surface area (Å²) in [7, 11) is 0. The Hall–Kier alpha value is -1.63. The number of nitro groups is 1. The molecule has 2 aromatic carbocycles. The maximum atomic E-state index is 10.7. The highest BCUT2D eigenvalue weighted by atomic mass is 79.9. The van der Waals surface area contributed by atoms with Crippen molar-refractivity contribution >= 4 is 33.2 Å². The van der Waals surface area contributed by atoms with E-state index in [1.165, 1.54) is 18.2 Å². The number of hydrogen-bond acceptors (Lipinski definition) is 4. The number of ether oxygens (including phenoxy) is 1. The predicted octanol–water partition coefficient (Wildman–Crippen LogP) is 4.86. The molecular weight excluding hydrogens is 362 g/mol. The maximum Gasteiger partial charge on any atom is 0.288 e. The summed E-state index contributed by atoms with van der Waals surface area (Å²) < 4.78 is 6.46. The molecule has 0 aliphatic carbocycles. The Morgan fingerprint density at radius 1 is 1.33 bits per heavy atom. The third kappa shape index (κ3) is 3.72. The van der Waals surface area contributed by atoms with Crippen molar-refractivity contribution in [1.82, 2.24) is 0 Å². The number of rotatable bonds is 4. The van der Waals surface area contributed by atoms with Crippen LogP contribution in [0.5, 0.6) is 11.5 Å². The molecule has 0 saturated heterocycles. The van der Waals surface area contributed by atoms with Crippen LogP contribution in [0.1, 0.15) is 18.6 Å². The minimum absolute atomic E-state index is 0.00825. The Bertz CT molecular complexity index is 691. The van der Waals surface area contributed by atoms with Crippen molar-refractivity contribution in [2.24, 2.45) is 0 Å². The van der Waals surface area contributed by atoms with Crippen molar-refractivity contribution in [3.8, 4) is 11.5 Å². The Morgan fingerprint density at radius 3 is 2.62 bits per heavy atom. The Balaban J connectivity index is 2.36. The molecule has 2 aromatic rings. The zero-order valence-corrected chi connectivity index (χ0v) is 13.3. The van der Waals surface area contributed by atoms with E-state index in [1.807, 2.05) is 0 Å². The van der Waals surface area contributed by atoms with E-state index in [4.69, 9.17) is 16.3 Å². The van der Waals surface area contributed by atoms with Gasteiger partial charge >= 0.3 is 0 Å². The summed E-state index contributed by atoms with van der Waals surface area (Å²) in [5.74, 6) is 0.801. The summed E-state index contributed by atoms with van der Waals surface area (Å²) in [6.45, 7) is 1.62. The standard InChI is InChI=1S/C14H11BrClNO4/c1-8(18)11-4-2-9(15)6-14(11)21-10-3-5-13(17(19)20)12(16)7-10/h2-8,18H,1H3. The van der Waals surface area contributed by atoms with Gasteiger partial charge in [0.05, 0.1) is 11.0 Å². The lowest BCUT2D eigenvalue weighted by atomic mass is 10.1. The molecule has 0 bridgehead atoms. The number of hydrogen-bond donors (Lipinski definition) is 1. The van der Waals surface area contributed by atoms with E-state index in [1.54, 1.807) is 25.1 Å². The lowest BCUT2D eigenvalue weighted by Crippen LogP contribution is -1.96. The van der Waals surface area contributed by atoms with Gasteiger partial charge in [-0.25, -0.2) is 0 Å². The number of halogens is 2. The van der Waals surface area contributed by atoms with Crippen LogP contribution in [0.25, 0.3) is 0 Å². The van der Waals surface area contributed by atoms with Gasteiger partial charge in [0.15, 0.2) is 0 Å². The van der Waals surface area contributed by atoms with Gasteiger partial charge in [0, 0.05) is 22.2 Å². The Kier molecular flexibility index (Phi) is 4.82. The smallest absolute Gasteiger partial charge is 0.288 e. The van der Waals surface area contributed by atoms with Crippen molar-refractivity contribution in [3.63, 3.8) is 0 Å². The van der Waals surface area contributed by atoms with Crippen LogP contribution in [0, 0.1) is 10.1 Å².